The molecule has 1 aliphatic heterocycles. The molecule has 2 aliphatic rings. The number of imidazole rings is 1. The molecule has 4 rings (SSSR count). The molecule has 1 saturated heterocycles. The largest absolute Gasteiger partial charge is 0.337 e. The molecule has 2 aromatic rings. The van der Waals surface area contributed by atoms with Crippen molar-refractivity contribution in [3.05, 3.63) is 36.2 Å². The van der Waals surface area contributed by atoms with Crippen LogP contribution in [0.2, 0.25) is 0 Å². The molecule has 3 heterocycles. The number of rotatable bonds is 5. The monoisotopic (exact) mass is 342 g/mol. The number of carbonyl (C=O) groups excluding carboxylic acids is 1. The van der Waals surface area contributed by atoms with E-state index >= 15 is 0 Å². The number of aromatic nitrogens is 4. The topological polar surface area (TPSA) is 68.0 Å². The van der Waals surface area contributed by atoms with Gasteiger partial charge in [-0.15, -0.1) is 0 Å². The maximum Gasteiger partial charge on any atom is 0.257 e. The maximum atomic E-state index is 13.2. The molecule has 2 aromatic heterocycles. The van der Waals surface area contributed by atoms with Crippen LogP contribution < -0.4 is 5.32 Å². The van der Waals surface area contributed by atoms with Gasteiger partial charge < -0.3 is 14.8 Å². The van der Waals surface area contributed by atoms with Crippen LogP contribution in [-0.4, -0.2) is 49.3 Å². The summed E-state index contributed by atoms with van der Waals surface area (Å²) in [6.45, 7) is 5.45. The highest BCUT2D eigenvalue weighted by Gasteiger charge is 2.58. The zero-order valence-electron chi connectivity index (χ0n) is 15.0. The Labute approximate surface area is 148 Å². The molecule has 0 aromatic carbocycles. The minimum absolute atomic E-state index is 0.0723. The highest BCUT2D eigenvalue weighted by Crippen LogP contribution is 2.56. The van der Waals surface area contributed by atoms with E-state index in [2.05, 4.69) is 15.4 Å². The summed E-state index contributed by atoms with van der Waals surface area (Å²) in [5.74, 6) is 0.996. The second-order valence-electron chi connectivity index (χ2n) is 7.30. The first-order valence-corrected chi connectivity index (χ1v) is 9.13. The van der Waals surface area contributed by atoms with Gasteiger partial charge in [-0.1, -0.05) is 0 Å². The summed E-state index contributed by atoms with van der Waals surface area (Å²) in [4.78, 5) is 19.7. The molecule has 1 spiro atoms. The Hall–Kier alpha value is -2.15. The highest BCUT2D eigenvalue weighted by molar-refractivity contribution is 5.94. The molecular weight excluding hydrogens is 316 g/mol. The van der Waals surface area contributed by atoms with Gasteiger partial charge in [-0.2, -0.15) is 5.10 Å². The molecule has 1 saturated carbocycles. The number of amides is 1. The van der Waals surface area contributed by atoms with Gasteiger partial charge in [0.2, 0.25) is 0 Å². The average Bonchev–Trinajstić information content (AvgIpc) is 3.00. The molecule has 1 aliphatic carbocycles. The molecule has 1 amide bonds. The van der Waals surface area contributed by atoms with Crippen LogP contribution in [0.15, 0.2) is 24.8 Å². The summed E-state index contributed by atoms with van der Waals surface area (Å²) in [7, 11) is 1.98. The van der Waals surface area contributed by atoms with E-state index in [-0.39, 0.29) is 5.91 Å². The van der Waals surface area contributed by atoms with Crippen LogP contribution in [0, 0.1) is 5.41 Å². The maximum absolute atomic E-state index is 13.2. The van der Waals surface area contributed by atoms with E-state index in [1.807, 2.05) is 35.8 Å². The summed E-state index contributed by atoms with van der Waals surface area (Å²) in [5, 5.41) is 7.71. The normalized spacial score (nSPS) is 21.4. The minimum Gasteiger partial charge on any atom is -0.337 e. The van der Waals surface area contributed by atoms with Gasteiger partial charge in [0.1, 0.15) is 5.82 Å². The molecule has 0 radical (unpaired) electrons. The lowest BCUT2D eigenvalue weighted by Crippen LogP contribution is -2.39. The van der Waals surface area contributed by atoms with Crippen molar-refractivity contribution >= 4 is 5.91 Å². The van der Waals surface area contributed by atoms with Crippen LogP contribution >= 0.6 is 0 Å². The number of hydrogen-bond donors (Lipinski definition) is 1. The molecule has 7 nitrogen and oxygen atoms in total. The smallest absolute Gasteiger partial charge is 0.257 e. The number of nitrogens with zero attached hydrogens (tertiary/aromatic N) is 5. The van der Waals surface area contributed by atoms with Crippen LogP contribution in [-0.2, 0) is 20.1 Å². The van der Waals surface area contributed by atoms with E-state index < -0.39 is 0 Å². The second kappa shape index (κ2) is 6.29. The molecule has 0 bridgehead atoms. The third-order valence-electron chi connectivity index (χ3n) is 5.82. The molecule has 25 heavy (non-hydrogen) atoms. The SMILES string of the molecule is CCn1cc(C(=O)N(Cc2nccn2C)C2CC23CCNCC3)cn1. The zero-order chi connectivity index (χ0) is 17.4. The quantitative estimate of drug-likeness (QED) is 0.892. The van der Waals surface area contributed by atoms with Crippen molar-refractivity contribution in [3.8, 4) is 0 Å². The fourth-order valence-corrected chi connectivity index (χ4v) is 4.07. The van der Waals surface area contributed by atoms with E-state index in [1.54, 1.807) is 17.1 Å². The van der Waals surface area contributed by atoms with Crippen molar-refractivity contribution in [1.29, 1.82) is 0 Å². The van der Waals surface area contributed by atoms with Crippen molar-refractivity contribution in [3.63, 3.8) is 0 Å². The zero-order valence-corrected chi connectivity index (χ0v) is 15.0. The molecule has 1 unspecified atom stereocenters. The van der Waals surface area contributed by atoms with Gasteiger partial charge in [-0.05, 0) is 44.7 Å². The van der Waals surface area contributed by atoms with E-state index in [1.165, 1.54) is 0 Å². The fourth-order valence-electron chi connectivity index (χ4n) is 4.07. The van der Waals surface area contributed by atoms with Crippen molar-refractivity contribution in [2.24, 2.45) is 12.5 Å². The Bertz CT molecular complexity index is 757. The van der Waals surface area contributed by atoms with E-state index in [4.69, 9.17) is 0 Å². The third-order valence-corrected chi connectivity index (χ3v) is 5.82. The number of nitrogens with one attached hydrogen (secondary N) is 1. The Morgan fingerprint density at radius 2 is 2.24 bits per heavy atom. The average molecular weight is 342 g/mol. The van der Waals surface area contributed by atoms with Gasteiger partial charge in [0.25, 0.3) is 5.91 Å². The van der Waals surface area contributed by atoms with Gasteiger partial charge in [0.15, 0.2) is 0 Å². The van der Waals surface area contributed by atoms with E-state index in [0.29, 0.717) is 23.6 Å². The summed E-state index contributed by atoms with van der Waals surface area (Å²) in [6, 6.07) is 0.309. The lowest BCUT2D eigenvalue weighted by Gasteiger charge is -2.29. The lowest BCUT2D eigenvalue weighted by atomic mass is 9.93. The minimum atomic E-state index is 0.0723. The van der Waals surface area contributed by atoms with E-state index in [9.17, 15) is 4.79 Å². The Kier molecular flexibility index (Phi) is 4.11. The standard InChI is InChI=1S/C18H26N6O/c1-3-23-12-14(11-21-23)17(25)24(13-16-20-8-9-22(16)2)15-10-18(15)4-6-19-7-5-18/h8-9,11-12,15,19H,3-7,10,13H2,1-2H3. The molecule has 7 heteroatoms. The Balaban J connectivity index is 1.59. The van der Waals surface area contributed by atoms with Crippen molar-refractivity contribution < 1.29 is 4.79 Å². The molecule has 134 valence electrons. The first-order chi connectivity index (χ1) is 12.1. The van der Waals surface area contributed by atoms with Crippen LogP contribution in [0.3, 0.4) is 0 Å². The highest BCUT2D eigenvalue weighted by atomic mass is 16.2. The van der Waals surface area contributed by atoms with Crippen molar-refractivity contribution in [1.82, 2.24) is 29.5 Å². The number of carbonyl (C=O) groups is 1. The molecular formula is C18H26N6O. The number of aryl methyl sites for hydroxylation is 2. The summed E-state index contributed by atoms with van der Waals surface area (Å²) in [5.41, 5.74) is 0.972. The first-order valence-electron chi connectivity index (χ1n) is 9.13. The van der Waals surface area contributed by atoms with Crippen LogP contribution in [0.25, 0.3) is 0 Å². The molecule has 1 atom stereocenters. The Morgan fingerprint density at radius 1 is 1.44 bits per heavy atom. The van der Waals surface area contributed by atoms with Gasteiger partial charge in [-0.25, -0.2) is 4.98 Å². The number of hydrogen-bond acceptors (Lipinski definition) is 4. The summed E-state index contributed by atoms with van der Waals surface area (Å²) in [6.07, 6.45) is 10.7. The van der Waals surface area contributed by atoms with Gasteiger partial charge in [-0.3, -0.25) is 9.48 Å². The lowest BCUT2D eigenvalue weighted by molar-refractivity contribution is 0.0685. The van der Waals surface area contributed by atoms with Gasteiger partial charge in [0, 0.05) is 38.2 Å². The first kappa shape index (κ1) is 16.3. The fraction of sp³-hybridized carbons (Fsp3) is 0.611. The summed E-state index contributed by atoms with van der Waals surface area (Å²) >= 11 is 0. The second-order valence-corrected chi connectivity index (χ2v) is 7.30. The molecule has 2 fully saturated rings. The van der Waals surface area contributed by atoms with Crippen molar-refractivity contribution in [2.45, 2.75) is 45.3 Å². The van der Waals surface area contributed by atoms with Gasteiger partial charge >= 0.3 is 0 Å². The predicted octanol–water partition coefficient (Wildman–Crippen LogP) is 1.42. The van der Waals surface area contributed by atoms with Crippen LogP contribution in [0.1, 0.15) is 42.4 Å². The molecule has 1 N–H and O–H groups in total. The van der Waals surface area contributed by atoms with Crippen LogP contribution in [0.4, 0.5) is 0 Å². The van der Waals surface area contributed by atoms with E-state index in [0.717, 1.165) is 44.7 Å². The number of piperidine rings is 1. The summed E-state index contributed by atoms with van der Waals surface area (Å²) < 4.78 is 3.80. The van der Waals surface area contributed by atoms with Gasteiger partial charge in [0.05, 0.1) is 18.3 Å². The van der Waals surface area contributed by atoms with Crippen molar-refractivity contribution in [2.75, 3.05) is 13.1 Å². The Morgan fingerprint density at radius 3 is 2.88 bits per heavy atom. The third kappa shape index (κ3) is 2.97. The van der Waals surface area contributed by atoms with Crippen LogP contribution in [0.5, 0.6) is 0 Å². The predicted molar refractivity (Wildman–Crippen MR) is 93.9 cm³/mol.